The van der Waals surface area contributed by atoms with E-state index in [1.54, 1.807) is 0 Å². The molecule has 15 rings (SSSR count). The minimum atomic E-state index is -0.630. The first-order chi connectivity index (χ1) is 41.9. The summed E-state index contributed by atoms with van der Waals surface area (Å²) in [4.78, 5) is 9.87. The van der Waals surface area contributed by atoms with Gasteiger partial charge < -0.3 is 19.1 Å². The number of anilines is 4. The molecular weight excluding hydrogens is 1240 g/mol. The molecule has 11 aromatic carbocycles. The van der Waals surface area contributed by atoms with E-state index in [9.17, 15) is 0 Å². The molecule has 0 N–H and O–H groups in total. The smallest absolute Gasteiger partial charge is 0.135 e. The number of para-hydroxylation sites is 3. The van der Waals surface area contributed by atoms with E-state index in [1.165, 1.54) is 38.9 Å². The van der Waals surface area contributed by atoms with Crippen LogP contribution in [0.4, 0.5) is 22.7 Å². The molecule has 87 heavy (non-hydrogen) atoms. The van der Waals surface area contributed by atoms with Gasteiger partial charge in [-0.05, 0) is 114 Å². The quantitative estimate of drug-likeness (QED) is 0.128. The van der Waals surface area contributed by atoms with E-state index in [-0.39, 0.29) is 31.9 Å². The number of hydrogen-bond donors (Lipinski definition) is 0. The molecule has 13 aromatic rings. The second kappa shape index (κ2) is 21.8. The third-order valence-electron chi connectivity index (χ3n) is 17.6. The van der Waals surface area contributed by atoms with Crippen LogP contribution in [-0.2, 0) is 37.3 Å². The van der Waals surface area contributed by atoms with Crippen LogP contribution in [-0.4, -0.2) is 9.55 Å². The molecule has 0 saturated heterocycles. The van der Waals surface area contributed by atoms with Gasteiger partial charge >= 0.3 is 0 Å². The average Bonchev–Trinajstić information content (AvgIpc) is 1.58. The molecule has 0 saturated carbocycles. The minimum Gasteiger partial charge on any atom is -0.509 e. The van der Waals surface area contributed by atoms with Crippen LogP contribution < -0.4 is 14.5 Å². The molecule has 0 amide bonds. The van der Waals surface area contributed by atoms with Crippen molar-refractivity contribution in [3.63, 3.8) is 0 Å². The normalized spacial score (nSPS) is 13.3. The van der Waals surface area contributed by atoms with Crippen molar-refractivity contribution in [3.8, 4) is 61.8 Å². The molecule has 1 aliphatic heterocycles. The van der Waals surface area contributed by atoms with E-state index in [1.807, 2.05) is 12.3 Å². The van der Waals surface area contributed by atoms with Crippen LogP contribution in [0.3, 0.4) is 0 Å². The van der Waals surface area contributed by atoms with Crippen molar-refractivity contribution in [2.45, 2.75) is 57.8 Å². The summed E-state index contributed by atoms with van der Waals surface area (Å²) in [7, 11) is 0. The van der Waals surface area contributed by atoms with E-state index in [4.69, 9.17) is 9.72 Å². The number of nitrogens with zero attached hydrogens (tertiary/aromatic N) is 4. The third kappa shape index (κ3) is 9.39. The topological polar surface area (TPSA) is 33.5 Å². The molecule has 0 fully saturated rings. The SMILES string of the molecule is CC(C)(C)c1ccc(C2(c3ccnc(-n4c5[c-]c(Oc6[c-]c(N7[CH-]N(c8c(-c9ccccc9)cc(C(C)(C)C)cc8-c8ccccc8)c8ccccc87)ccc6)c(-c6ccccc6)cc5c5ccccc54)c3)c3ccccc3-c3ccccc32)cc1.[Pt]. The Hall–Kier alpha value is -9.54. The Morgan fingerprint density at radius 3 is 1.59 bits per heavy atom. The van der Waals surface area contributed by atoms with E-state index < -0.39 is 5.41 Å². The first kappa shape index (κ1) is 55.3. The first-order valence-electron chi connectivity index (χ1n) is 29.8. The zero-order valence-corrected chi connectivity index (χ0v) is 51.8. The van der Waals surface area contributed by atoms with Crippen molar-refractivity contribution in [3.05, 3.63) is 319 Å². The maximum absolute atomic E-state index is 7.25. The molecular formula is C81H63N4OPt-3. The molecule has 0 spiro atoms. The van der Waals surface area contributed by atoms with Gasteiger partial charge in [-0.2, -0.15) is 12.1 Å². The van der Waals surface area contributed by atoms with Crippen LogP contribution in [0.2, 0.25) is 0 Å². The summed E-state index contributed by atoms with van der Waals surface area (Å²) >= 11 is 0. The Balaban J connectivity index is 0.00000667. The summed E-state index contributed by atoms with van der Waals surface area (Å²) in [6.45, 7) is 15.9. The van der Waals surface area contributed by atoms with Crippen molar-refractivity contribution in [2.24, 2.45) is 0 Å². The van der Waals surface area contributed by atoms with E-state index in [0.717, 1.165) is 89.3 Å². The molecule has 0 bridgehead atoms. The van der Waals surface area contributed by atoms with Crippen molar-refractivity contribution in [1.29, 1.82) is 0 Å². The molecule has 2 aromatic heterocycles. The van der Waals surface area contributed by atoms with Crippen LogP contribution in [0.5, 0.6) is 11.5 Å². The molecule has 0 atom stereocenters. The van der Waals surface area contributed by atoms with Gasteiger partial charge in [0, 0.05) is 72.5 Å². The van der Waals surface area contributed by atoms with Gasteiger partial charge in [-0.3, -0.25) is 0 Å². The molecule has 0 unspecified atom stereocenters. The maximum atomic E-state index is 7.25. The average molecular weight is 1300 g/mol. The molecule has 426 valence electrons. The fourth-order valence-electron chi connectivity index (χ4n) is 13.3. The second-order valence-electron chi connectivity index (χ2n) is 24.8. The third-order valence-corrected chi connectivity index (χ3v) is 17.6. The van der Waals surface area contributed by atoms with Gasteiger partial charge in [-0.15, -0.1) is 42.0 Å². The fraction of sp³-hybridized carbons (Fsp3) is 0.111. The van der Waals surface area contributed by atoms with Crippen molar-refractivity contribution < 1.29 is 25.8 Å². The number of benzene rings is 11. The van der Waals surface area contributed by atoms with Gasteiger partial charge in [0.1, 0.15) is 5.82 Å². The number of ether oxygens (including phenoxy) is 1. The van der Waals surface area contributed by atoms with Crippen LogP contribution >= 0.6 is 0 Å². The van der Waals surface area contributed by atoms with Gasteiger partial charge in [0.05, 0.1) is 5.41 Å². The number of aromatic nitrogens is 2. The monoisotopic (exact) mass is 1300 g/mol. The maximum Gasteiger partial charge on any atom is 0.135 e. The van der Waals surface area contributed by atoms with Gasteiger partial charge in [-0.1, -0.05) is 252 Å². The van der Waals surface area contributed by atoms with Crippen molar-refractivity contribution in [1.82, 2.24) is 9.55 Å². The second-order valence-corrected chi connectivity index (χ2v) is 24.8. The predicted molar refractivity (Wildman–Crippen MR) is 355 cm³/mol. The predicted octanol–water partition coefficient (Wildman–Crippen LogP) is 20.9. The Morgan fingerprint density at radius 1 is 0.437 bits per heavy atom. The zero-order valence-electron chi connectivity index (χ0n) is 49.5. The van der Waals surface area contributed by atoms with Crippen LogP contribution in [0.15, 0.2) is 267 Å². The number of rotatable bonds is 10. The van der Waals surface area contributed by atoms with Gasteiger partial charge in [-0.25, -0.2) is 4.98 Å². The summed E-state index contributed by atoms with van der Waals surface area (Å²) in [5, 5.41) is 2.14. The van der Waals surface area contributed by atoms with E-state index in [2.05, 4.69) is 329 Å². The number of pyridine rings is 1. The Labute approximate surface area is 525 Å². The van der Waals surface area contributed by atoms with Crippen molar-refractivity contribution >= 4 is 44.6 Å². The summed E-state index contributed by atoms with van der Waals surface area (Å²) in [6.07, 6.45) is 1.98. The van der Waals surface area contributed by atoms with Gasteiger partial charge in [0.15, 0.2) is 0 Å². The standard InChI is InChI=1S/C81H63N4O.Pt/c1-79(2,3)57-41-43-58(44-42-57)81(70-36-19-16-33-63(70)64-34-17-20-37-71(64)81)59-45-46-82-77(49-59)85-72-38-21-18-35-65(72)69-51-66(54-25-10-7-11-26-54)76(52-75(69)85)86-62-32-24-31-61(50-62)83-53-84(74-40-23-22-39-73(74)83)78-67(55-27-12-8-13-28-55)47-60(80(4,5)6)48-68(78)56-29-14-9-15-30-56;/h7-49,51,53H,1-6H3;/q-3;. The van der Waals surface area contributed by atoms with Gasteiger partial charge in [0.25, 0.3) is 0 Å². The Morgan fingerprint density at radius 2 is 0.977 bits per heavy atom. The molecule has 3 heterocycles. The van der Waals surface area contributed by atoms with Crippen molar-refractivity contribution in [2.75, 3.05) is 9.80 Å². The number of hydrogen-bond acceptors (Lipinski definition) is 4. The molecule has 2 aliphatic rings. The van der Waals surface area contributed by atoms with Crippen LogP contribution in [0.25, 0.3) is 72.1 Å². The van der Waals surface area contributed by atoms with E-state index >= 15 is 0 Å². The molecule has 5 nitrogen and oxygen atoms in total. The molecule has 6 heteroatoms. The number of fused-ring (bicyclic) bond motifs is 7. The first-order valence-corrected chi connectivity index (χ1v) is 29.8. The Bertz CT molecular complexity index is 4620. The summed E-state index contributed by atoms with van der Waals surface area (Å²) in [5.74, 6) is 1.93. The molecule has 0 radical (unpaired) electrons. The van der Waals surface area contributed by atoms with Crippen LogP contribution in [0.1, 0.15) is 74.9 Å². The van der Waals surface area contributed by atoms with Gasteiger partial charge in [0.2, 0.25) is 0 Å². The Kier molecular flexibility index (Phi) is 13.8. The van der Waals surface area contributed by atoms with Crippen LogP contribution in [0, 0.1) is 18.8 Å². The summed E-state index contributed by atoms with van der Waals surface area (Å²) < 4.78 is 9.52. The summed E-state index contributed by atoms with van der Waals surface area (Å²) in [6, 6.07) is 102. The summed E-state index contributed by atoms with van der Waals surface area (Å²) in [5.41, 5.74) is 21.6. The van der Waals surface area contributed by atoms with E-state index in [0.29, 0.717) is 11.5 Å². The fourth-order valence-corrected chi connectivity index (χ4v) is 13.3. The largest absolute Gasteiger partial charge is 0.509 e. The zero-order chi connectivity index (χ0) is 58.3. The minimum absolute atomic E-state index is 0. The molecule has 1 aliphatic carbocycles.